The van der Waals surface area contributed by atoms with Gasteiger partial charge in [0.15, 0.2) is 0 Å². The molecule has 0 spiro atoms. The fraction of sp³-hybridized carbons (Fsp3) is 0.571. The van der Waals surface area contributed by atoms with Gasteiger partial charge in [0.05, 0.1) is 10.6 Å². The highest BCUT2D eigenvalue weighted by atomic mass is 32.2. The molecule has 0 saturated carbocycles. The van der Waals surface area contributed by atoms with E-state index in [-0.39, 0.29) is 16.6 Å². The highest BCUT2D eigenvalue weighted by Crippen LogP contribution is 2.28. The topological polar surface area (TPSA) is 46.2 Å². The van der Waals surface area contributed by atoms with Crippen LogP contribution in [0.1, 0.15) is 33.6 Å². The van der Waals surface area contributed by atoms with Crippen LogP contribution in [0.2, 0.25) is 0 Å². The molecule has 0 aliphatic rings. The summed E-state index contributed by atoms with van der Waals surface area (Å²) in [4.78, 5) is -0.340. The van der Waals surface area contributed by atoms with Crippen molar-refractivity contribution in [3.05, 3.63) is 24.3 Å². The first kappa shape index (κ1) is 16.9. The van der Waals surface area contributed by atoms with Crippen LogP contribution in [0.25, 0.3) is 0 Å². The zero-order valence-electron chi connectivity index (χ0n) is 11.9. The lowest BCUT2D eigenvalue weighted by atomic mass is 9.95. The second-order valence-corrected chi connectivity index (χ2v) is 6.70. The molecule has 0 aliphatic carbocycles. The first-order valence-corrected chi connectivity index (χ1v) is 8.26. The van der Waals surface area contributed by atoms with Crippen molar-refractivity contribution < 1.29 is 17.2 Å². The van der Waals surface area contributed by atoms with Gasteiger partial charge in [-0.25, -0.2) is 8.42 Å². The predicted octanol–water partition coefficient (Wildman–Crippen LogP) is 3.92. The van der Waals surface area contributed by atoms with Gasteiger partial charge in [0.25, 0.3) is 0 Å². The van der Waals surface area contributed by atoms with Crippen LogP contribution in [0.4, 0.5) is 14.5 Å². The van der Waals surface area contributed by atoms with Crippen LogP contribution < -0.4 is 5.32 Å². The van der Waals surface area contributed by atoms with Crippen molar-refractivity contribution in [1.82, 2.24) is 0 Å². The third-order valence-corrected chi connectivity index (χ3v) is 5.01. The summed E-state index contributed by atoms with van der Waals surface area (Å²) in [5, 5.41) is 3.06. The predicted molar refractivity (Wildman–Crippen MR) is 76.8 cm³/mol. The van der Waals surface area contributed by atoms with Crippen LogP contribution in [0, 0.1) is 5.92 Å². The van der Waals surface area contributed by atoms with Gasteiger partial charge >= 0.3 is 5.76 Å². The van der Waals surface area contributed by atoms with Crippen molar-refractivity contribution in [2.24, 2.45) is 5.92 Å². The maximum absolute atomic E-state index is 12.7. The van der Waals surface area contributed by atoms with Crippen molar-refractivity contribution in [3.8, 4) is 0 Å². The Morgan fingerprint density at radius 1 is 1.15 bits per heavy atom. The van der Waals surface area contributed by atoms with Crippen LogP contribution in [0.3, 0.4) is 0 Å². The summed E-state index contributed by atoms with van der Waals surface area (Å²) in [6, 6.07) is 5.82. The third-order valence-electron chi connectivity index (χ3n) is 3.57. The van der Waals surface area contributed by atoms with E-state index in [1.54, 1.807) is 6.07 Å². The number of nitrogens with one attached hydrogen (secondary N) is 1. The Kier molecular flexibility index (Phi) is 5.92. The number of halogens is 2. The molecule has 0 heterocycles. The fourth-order valence-electron chi connectivity index (χ4n) is 2.29. The number of alkyl halides is 2. The molecule has 1 atom stereocenters. The van der Waals surface area contributed by atoms with Crippen LogP contribution in [0.15, 0.2) is 29.2 Å². The van der Waals surface area contributed by atoms with Gasteiger partial charge in [-0.15, -0.1) is 0 Å². The number of rotatable bonds is 7. The quantitative estimate of drug-likeness (QED) is 0.830. The summed E-state index contributed by atoms with van der Waals surface area (Å²) >= 11 is 0. The van der Waals surface area contributed by atoms with E-state index in [2.05, 4.69) is 5.32 Å². The van der Waals surface area contributed by atoms with Crippen molar-refractivity contribution in [2.75, 3.05) is 5.32 Å². The third kappa shape index (κ3) is 3.69. The van der Waals surface area contributed by atoms with Gasteiger partial charge in [-0.2, -0.15) is 8.78 Å². The molecule has 20 heavy (non-hydrogen) atoms. The van der Waals surface area contributed by atoms with E-state index < -0.39 is 15.6 Å². The molecule has 6 heteroatoms. The van der Waals surface area contributed by atoms with Gasteiger partial charge in [-0.1, -0.05) is 38.8 Å². The summed E-state index contributed by atoms with van der Waals surface area (Å²) in [7, 11) is -4.59. The average molecular weight is 305 g/mol. The zero-order chi connectivity index (χ0) is 15.3. The smallest absolute Gasteiger partial charge is 0.341 e. The Morgan fingerprint density at radius 2 is 1.70 bits per heavy atom. The van der Waals surface area contributed by atoms with E-state index >= 15 is 0 Å². The normalized spacial score (nSPS) is 13.8. The number of para-hydroxylation sites is 1. The SMILES string of the molecule is CCC(CC)C(C)Nc1ccccc1S(=O)(=O)C(F)F. The second-order valence-electron chi connectivity index (χ2n) is 4.81. The molecule has 3 nitrogen and oxygen atoms in total. The lowest BCUT2D eigenvalue weighted by Gasteiger charge is -2.24. The molecule has 0 aliphatic heterocycles. The van der Waals surface area contributed by atoms with Gasteiger partial charge in [0.1, 0.15) is 0 Å². The molecule has 0 radical (unpaired) electrons. The minimum atomic E-state index is -4.59. The fourth-order valence-corrected chi connectivity index (χ4v) is 3.18. The first-order valence-electron chi connectivity index (χ1n) is 6.72. The summed E-state index contributed by atoms with van der Waals surface area (Å²) in [6.45, 7) is 6.03. The molecule has 0 aromatic heterocycles. The molecule has 0 bridgehead atoms. The van der Waals surface area contributed by atoms with Crippen LogP contribution in [-0.2, 0) is 9.84 Å². The standard InChI is InChI=1S/C14H21F2NO2S/c1-4-11(5-2)10(3)17-12-8-6-7-9-13(12)20(18,19)14(15)16/h6-11,14,17H,4-5H2,1-3H3. The number of hydrogen-bond acceptors (Lipinski definition) is 3. The van der Waals surface area contributed by atoms with Gasteiger partial charge < -0.3 is 5.32 Å². The van der Waals surface area contributed by atoms with Crippen molar-refractivity contribution >= 4 is 15.5 Å². The van der Waals surface area contributed by atoms with Crippen LogP contribution in [0.5, 0.6) is 0 Å². The molecule has 114 valence electrons. The van der Waals surface area contributed by atoms with Gasteiger partial charge in [0.2, 0.25) is 9.84 Å². The van der Waals surface area contributed by atoms with E-state index in [1.165, 1.54) is 18.2 Å². The Hall–Kier alpha value is -1.17. The Labute approximate surface area is 119 Å². The minimum Gasteiger partial charge on any atom is -0.381 e. The average Bonchev–Trinajstić information content (AvgIpc) is 2.40. The van der Waals surface area contributed by atoms with Crippen molar-refractivity contribution in [2.45, 2.75) is 50.3 Å². The summed E-state index contributed by atoms with van der Waals surface area (Å²) in [6.07, 6.45) is 1.88. The lowest BCUT2D eigenvalue weighted by Crippen LogP contribution is -2.26. The maximum Gasteiger partial charge on any atom is 0.341 e. The summed E-state index contributed by atoms with van der Waals surface area (Å²) < 4.78 is 48.7. The van der Waals surface area contributed by atoms with Crippen molar-refractivity contribution in [1.29, 1.82) is 0 Å². The first-order chi connectivity index (χ1) is 9.34. The van der Waals surface area contributed by atoms with E-state index in [0.717, 1.165) is 12.8 Å². The van der Waals surface area contributed by atoms with E-state index in [0.29, 0.717) is 5.92 Å². The molecule has 0 saturated heterocycles. The minimum absolute atomic E-state index is 0.0130. The Bertz CT molecular complexity index is 528. The van der Waals surface area contributed by atoms with Gasteiger partial charge in [-0.05, 0) is 25.0 Å². The highest BCUT2D eigenvalue weighted by Gasteiger charge is 2.29. The largest absolute Gasteiger partial charge is 0.381 e. The number of hydrogen-bond donors (Lipinski definition) is 1. The second kappa shape index (κ2) is 7.02. The molecule has 1 rings (SSSR count). The maximum atomic E-state index is 12.7. The molecule has 1 N–H and O–H groups in total. The number of sulfone groups is 1. The Balaban J connectivity index is 3.09. The van der Waals surface area contributed by atoms with E-state index in [1.807, 2.05) is 20.8 Å². The van der Waals surface area contributed by atoms with Crippen molar-refractivity contribution in [3.63, 3.8) is 0 Å². The molecule has 1 aromatic carbocycles. The molecule has 0 fully saturated rings. The van der Waals surface area contributed by atoms with Crippen LogP contribution in [-0.4, -0.2) is 20.2 Å². The molecular formula is C14H21F2NO2S. The van der Waals surface area contributed by atoms with E-state index in [9.17, 15) is 17.2 Å². The molecule has 1 unspecified atom stereocenters. The summed E-state index contributed by atoms with van der Waals surface area (Å²) in [5.41, 5.74) is 0.243. The number of anilines is 1. The highest BCUT2D eigenvalue weighted by molar-refractivity contribution is 7.91. The zero-order valence-corrected chi connectivity index (χ0v) is 12.8. The Morgan fingerprint density at radius 3 is 2.20 bits per heavy atom. The van der Waals surface area contributed by atoms with Gasteiger partial charge in [-0.3, -0.25) is 0 Å². The van der Waals surface area contributed by atoms with E-state index in [4.69, 9.17) is 0 Å². The summed E-state index contributed by atoms with van der Waals surface area (Å²) in [5.74, 6) is -3.05. The number of benzene rings is 1. The molecular weight excluding hydrogens is 284 g/mol. The molecule has 0 amide bonds. The van der Waals surface area contributed by atoms with Crippen LogP contribution >= 0.6 is 0 Å². The lowest BCUT2D eigenvalue weighted by molar-refractivity contribution is 0.235. The molecule has 1 aromatic rings. The monoisotopic (exact) mass is 305 g/mol. The van der Waals surface area contributed by atoms with Gasteiger partial charge in [0, 0.05) is 6.04 Å².